The number of carbonyl (C=O) groups excluding carboxylic acids is 3. The number of esters is 1. The van der Waals surface area contributed by atoms with E-state index >= 15 is 0 Å². The lowest BCUT2D eigenvalue weighted by molar-refractivity contribution is -0.156. The molecule has 0 aromatic heterocycles. The third-order valence-electron chi connectivity index (χ3n) is 3.04. The van der Waals surface area contributed by atoms with Gasteiger partial charge in [-0.05, 0) is 31.0 Å². The van der Waals surface area contributed by atoms with Crippen LogP contribution >= 0.6 is 0 Å². The second-order valence-electron chi connectivity index (χ2n) is 4.88. The lowest BCUT2D eigenvalue weighted by atomic mass is 10.1. The lowest BCUT2D eigenvalue weighted by Gasteiger charge is -2.14. The molecule has 0 fully saturated rings. The Kier molecular flexibility index (Phi) is 7.98. The maximum atomic E-state index is 11.8. The first kappa shape index (κ1) is 20.0. The summed E-state index contributed by atoms with van der Waals surface area (Å²) in [7, 11) is 2.60. The van der Waals surface area contributed by atoms with Gasteiger partial charge in [-0.25, -0.2) is 9.59 Å². The van der Waals surface area contributed by atoms with Crippen LogP contribution < -0.4 is 14.8 Å². The summed E-state index contributed by atoms with van der Waals surface area (Å²) in [6.07, 6.45) is 0.319. The van der Waals surface area contributed by atoms with Gasteiger partial charge in [0.05, 0.1) is 14.2 Å². The Bertz CT molecular complexity index is 642. The van der Waals surface area contributed by atoms with Gasteiger partial charge in [-0.2, -0.15) is 0 Å². The molecule has 0 aliphatic carbocycles. The van der Waals surface area contributed by atoms with E-state index in [1.165, 1.54) is 14.0 Å². The van der Waals surface area contributed by atoms with Gasteiger partial charge >= 0.3 is 12.1 Å². The zero-order chi connectivity index (χ0) is 18.8. The number of alkyl carbamates (subject to hydrolysis) is 1. The molecule has 25 heavy (non-hydrogen) atoms. The molecule has 1 atom stereocenters. The van der Waals surface area contributed by atoms with Gasteiger partial charge in [0.1, 0.15) is 0 Å². The monoisotopic (exact) mass is 351 g/mol. The van der Waals surface area contributed by atoms with Gasteiger partial charge < -0.3 is 18.9 Å². The largest absolute Gasteiger partial charge is 0.493 e. The quantitative estimate of drug-likeness (QED) is 0.561. The summed E-state index contributed by atoms with van der Waals surface area (Å²) in [6.45, 7) is 4.56. The van der Waals surface area contributed by atoms with E-state index in [1.54, 1.807) is 18.2 Å². The van der Waals surface area contributed by atoms with Gasteiger partial charge in [0.25, 0.3) is 5.91 Å². The fraction of sp³-hybridized carbons (Fsp3) is 0.353. The molecule has 0 radical (unpaired) electrons. The molecule has 0 spiro atoms. The van der Waals surface area contributed by atoms with E-state index in [4.69, 9.17) is 14.2 Å². The number of benzene rings is 1. The van der Waals surface area contributed by atoms with Crippen LogP contribution in [0.4, 0.5) is 4.79 Å². The standard InChI is InChI=1S/C17H21NO7/c1-5-6-12-7-8-13(14(9-12)22-3)24-10-15(19)25-11(2)16(20)18-17(21)23-4/h5,7-9,11H,1,6,10H2,2-4H3,(H,18,20,21)/t11-/m1/s1. The van der Waals surface area contributed by atoms with Crippen molar-refractivity contribution in [3.63, 3.8) is 0 Å². The van der Waals surface area contributed by atoms with Crippen molar-refractivity contribution in [3.05, 3.63) is 36.4 Å². The Morgan fingerprint density at radius 1 is 1.24 bits per heavy atom. The molecule has 0 heterocycles. The Hall–Kier alpha value is -3.03. The average Bonchev–Trinajstić information content (AvgIpc) is 2.60. The summed E-state index contributed by atoms with van der Waals surface area (Å²) in [5.41, 5.74) is 0.981. The van der Waals surface area contributed by atoms with Crippen LogP contribution in [0.25, 0.3) is 0 Å². The zero-order valence-corrected chi connectivity index (χ0v) is 14.4. The van der Waals surface area contributed by atoms with Crippen molar-refractivity contribution < 1.29 is 33.3 Å². The number of methoxy groups -OCH3 is 2. The fourth-order valence-corrected chi connectivity index (χ4v) is 1.80. The van der Waals surface area contributed by atoms with Crippen LogP contribution in [-0.2, 0) is 25.5 Å². The molecule has 8 heteroatoms. The van der Waals surface area contributed by atoms with Gasteiger partial charge in [0.2, 0.25) is 0 Å². The third kappa shape index (κ3) is 6.54. The van der Waals surface area contributed by atoms with Crippen molar-refractivity contribution in [2.45, 2.75) is 19.4 Å². The third-order valence-corrected chi connectivity index (χ3v) is 3.04. The van der Waals surface area contributed by atoms with E-state index in [1.807, 2.05) is 11.4 Å². The van der Waals surface area contributed by atoms with Crippen molar-refractivity contribution in [1.29, 1.82) is 0 Å². The molecule has 1 N–H and O–H groups in total. The predicted octanol–water partition coefficient (Wildman–Crippen LogP) is 1.62. The van der Waals surface area contributed by atoms with E-state index in [2.05, 4.69) is 11.3 Å². The minimum Gasteiger partial charge on any atom is -0.493 e. The van der Waals surface area contributed by atoms with Crippen molar-refractivity contribution in [3.8, 4) is 11.5 Å². The molecule has 0 saturated heterocycles. The molecule has 2 amide bonds. The number of rotatable bonds is 8. The highest BCUT2D eigenvalue weighted by Gasteiger charge is 2.20. The average molecular weight is 351 g/mol. The molecule has 1 aromatic rings. The molecule has 0 saturated carbocycles. The lowest BCUT2D eigenvalue weighted by Crippen LogP contribution is -2.40. The van der Waals surface area contributed by atoms with Gasteiger partial charge in [0.15, 0.2) is 24.2 Å². The first-order valence-corrected chi connectivity index (χ1v) is 7.40. The number of amides is 2. The van der Waals surface area contributed by atoms with Crippen LogP contribution in [-0.4, -0.2) is 44.9 Å². The van der Waals surface area contributed by atoms with Crippen LogP contribution in [0.5, 0.6) is 11.5 Å². The maximum Gasteiger partial charge on any atom is 0.413 e. The smallest absolute Gasteiger partial charge is 0.413 e. The molecular weight excluding hydrogens is 330 g/mol. The molecule has 0 unspecified atom stereocenters. The topological polar surface area (TPSA) is 100 Å². The number of nitrogens with one attached hydrogen (secondary N) is 1. The molecule has 8 nitrogen and oxygen atoms in total. The first-order chi connectivity index (χ1) is 11.9. The summed E-state index contributed by atoms with van der Waals surface area (Å²) < 4.78 is 19.7. The first-order valence-electron chi connectivity index (χ1n) is 7.40. The fourth-order valence-electron chi connectivity index (χ4n) is 1.80. The minimum atomic E-state index is -1.17. The molecule has 1 rings (SSSR count). The number of carbonyl (C=O) groups is 3. The Morgan fingerprint density at radius 3 is 2.56 bits per heavy atom. The van der Waals surface area contributed by atoms with Crippen molar-refractivity contribution >= 4 is 18.0 Å². The highest BCUT2D eigenvalue weighted by molar-refractivity contribution is 5.95. The van der Waals surface area contributed by atoms with Gasteiger partial charge in [-0.3, -0.25) is 10.1 Å². The van der Waals surface area contributed by atoms with Gasteiger partial charge in [0, 0.05) is 0 Å². The van der Waals surface area contributed by atoms with E-state index < -0.39 is 30.7 Å². The summed E-state index contributed by atoms with van der Waals surface area (Å²) in [5.74, 6) is -0.751. The van der Waals surface area contributed by atoms with Crippen molar-refractivity contribution in [2.75, 3.05) is 20.8 Å². The normalized spacial score (nSPS) is 11.0. The molecule has 1 aromatic carbocycles. The summed E-state index contributed by atoms with van der Waals surface area (Å²) >= 11 is 0. The Labute approximate surface area is 145 Å². The minimum absolute atomic E-state index is 0.360. The van der Waals surface area contributed by atoms with Crippen LogP contribution in [0, 0.1) is 0 Å². The predicted molar refractivity (Wildman–Crippen MR) is 88.5 cm³/mol. The number of imide groups is 1. The number of hydrogen-bond donors (Lipinski definition) is 1. The highest BCUT2D eigenvalue weighted by Crippen LogP contribution is 2.28. The van der Waals surface area contributed by atoms with Crippen LogP contribution in [0.2, 0.25) is 0 Å². The summed E-state index contributed by atoms with van der Waals surface area (Å²) in [6, 6.07) is 5.25. The Balaban J connectivity index is 2.57. The van der Waals surface area contributed by atoms with E-state index in [0.29, 0.717) is 17.9 Å². The second-order valence-corrected chi connectivity index (χ2v) is 4.88. The molecular formula is C17H21NO7. The number of ether oxygens (including phenoxy) is 4. The SMILES string of the molecule is C=CCc1ccc(OCC(=O)O[C@H](C)C(=O)NC(=O)OC)c(OC)c1. The zero-order valence-electron chi connectivity index (χ0n) is 14.4. The van der Waals surface area contributed by atoms with Crippen LogP contribution in [0.1, 0.15) is 12.5 Å². The number of allylic oxidation sites excluding steroid dienone is 1. The van der Waals surface area contributed by atoms with E-state index in [9.17, 15) is 14.4 Å². The van der Waals surface area contributed by atoms with Gasteiger partial charge in [-0.15, -0.1) is 6.58 Å². The number of hydrogen-bond acceptors (Lipinski definition) is 7. The Morgan fingerprint density at radius 2 is 1.96 bits per heavy atom. The summed E-state index contributed by atoms with van der Waals surface area (Å²) in [4.78, 5) is 34.2. The molecule has 0 bridgehead atoms. The summed E-state index contributed by atoms with van der Waals surface area (Å²) in [5, 5.41) is 1.90. The second kappa shape index (κ2) is 9.96. The van der Waals surface area contributed by atoms with Crippen molar-refractivity contribution in [1.82, 2.24) is 5.32 Å². The van der Waals surface area contributed by atoms with Crippen molar-refractivity contribution in [2.24, 2.45) is 0 Å². The van der Waals surface area contributed by atoms with E-state index in [0.717, 1.165) is 12.7 Å². The molecule has 0 aliphatic heterocycles. The molecule has 0 aliphatic rings. The van der Waals surface area contributed by atoms with E-state index in [-0.39, 0.29) is 0 Å². The maximum absolute atomic E-state index is 11.8. The molecule has 136 valence electrons. The van der Waals surface area contributed by atoms with Gasteiger partial charge in [-0.1, -0.05) is 12.1 Å². The van der Waals surface area contributed by atoms with Crippen LogP contribution in [0.3, 0.4) is 0 Å². The highest BCUT2D eigenvalue weighted by atomic mass is 16.6. The van der Waals surface area contributed by atoms with Crippen LogP contribution in [0.15, 0.2) is 30.9 Å².